The van der Waals surface area contributed by atoms with Crippen LogP contribution >= 0.6 is 0 Å². The molecule has 136 valence electrons. The Balaban J connectivity index is 1.65. The van der Waals surface area contributed by atoms with Gasteiger partial charge < -0.3 is 14.9 Å². The van der Waals surface area contributed by atoms with E-state index in [1.165, 1.54) is 11.1 Å². The molecule has 0 radical (unpaired) electrons. The Morgan fingerprint density at radius 2 is 1.76 bits per heavy atom. The van der Waals surface area contributed by atoms with Crippen molar-refractivity contribution in [3.63, 3.8) is 0 Å². The molecular formula is C19H27N3O3. The predicted molar refractivity (Wildman–Crippen MR) is 95.0 cm³/mol. The van der Waals surface area contributed by atoms with Crippen LogP contribution < -0.4 is 0 Å². The van der Waals surface area contributed by atoms with E-state index in [-0.39, 0.29) is 11.9 Å². The van der Waals surface area contributed by atoms with E-state index in [4.69, 9.17) is 0 Å². The lowest BCUT2D eigenvalue weighted by Gasteiger charge is -2.30. The number of carboxylic acids is 1. The highest BCUT2D eigenvalue weighted by Crippen LogP contribution is 2.23. The van der Waals surface area contributed by atoms with Crippen molar-refractivity contribution < 1.29 is 14.7 Å². The lowest BCUT2D eigenvalue weighted by molar-refractivity contribution is -0.143. The quantitative estimate of drug-likeness (QED) is 0.890. The third-order valence-electron chi connectivity index (χ3n) is 5.42. The SMILES string of the molecule is CN(C)[C@@H]1CC[C@H](C(=O)O)CN(C(=O)CN2Cc3ccccc3C2)C1. The Kier molecular flexibility index (Phi) is 5.39. The maximum atomic E-state index is 12.9. The Morgan fingerprint density at radius 1 is 1.12 bits per heavy atom. The Bertz CT molecular complexity index is 622. The molecule has 0 bridgehead atoms. The topological polar surface area (TPSA) is 64.1 Å². The number of hydrogen-bond donors (Lipinski definition) is 1. The van der Waals surface area contributed by atoms with Gasteiger partial charge in [-0.1, -0.05) is 24.3 Å². The molecule has 2 atom stereocenters. The smallest absolute Gasteiger partial charge is 0.308 e. The van der Waals surface area contributed by atoms with E-state index >= 15 is 0 Å². The van der Waals surface area contributed by atoms with Gasteiger partial charge in [0.15, 0.2) is 0 Å². The van der Waals surface area contributed by atoms with Gasteiger partial charge in [-0.2, -0.15) is 0 Å². The van der Waals surface area contributed by atoms with Gasteiger partial charge in [-0.25, -0.2) is 0 Å². The summed E-state index contributed by atoms with van der Waals surface area (Å²) in [6, 6.07) is 8.47. The van der Waals surface area contributed by atoms with Crippen molar-refractivity contribution in [3.8, 4) is 0 Å². The molecule has 0 aliphatic carbocycles. The number of carbonyl (C=O) groups is 2. The summed E-state index contributed by atoms with van der Waals surface area (Å²) in [4.78, 5) is 30.3. The van der Waals surface area contributed by atoms with Crippen molar-refractivity contribution in [2.45, 2.75) is 32.0 Å². The number of nitrogens with zero attached hydrogens (tertiary/aromatic N) is 3. The zero-order chi connectivity index (χ0) is 18.0. The number of rotatable bonds is 4. The molecule has 1 aromatic carbocycles. The summed E-state index contributed by atoms with van der Waals surface area (Å²) in [5.41, 5.74) is 2.56. The van der Waals surface area contributed by atoms with E-state index in [0.717, 1.165) is 19.5 Å². The minimum atomic E-state index is -0.800. The lowest BCUT2D eigenvalue weighted by Crippen LogP contribution is -2.46. The average Bonchev–Trinajstić information content (AvgIpc) is 2.82. The zero-order valence-corrected chi connectivity index (χ0v) is 15.0. The normalized spacial score (nSPS) is 24.2. The molecule has 1 amide bonds. The van der Waals surface area contributed by atoms with Crippen molar-refractivity contribution in [2.75, 3.05) is 33.7 Å². The summed E-state index contributed by atoms with van der Waals surface area (Å²) < 4.78 is 0. The number of carboxylic acid groups (broad SMARTS) is 1. The van der Waals surface area contributed by atoms with Crippen molar-refractivity contribution >= 4 is 11.9 Å². The van der Waals surface area contributed by atoms with Crippen LogP contribution in [0.5, 0.6) is 0 Å². The fourth-order valence-electron chi connectivity index (χ4n) is 3.80. The van der Waals surface area contributed by atoms with Crippen LogP contribution in [0.2, 0.25) is 0 Å². The Hall–Kier alpha value is -1.92. The number of aliphatic carboxylic acids is 1. The maximum absolute atomic E-state index is 12.9. The number of benzene rings is 1. The van der Waals surface area contributed by atoms with E-state index in [2.05, 4.69) is 21.9 Å². The second-order valence-electron chi connectivity index (χ2n) is 7.44. The number of likely N-dealkylation sites (N-methyl/N-ethyl adjacent to an activating group) is 1. The second-order valence-corrected chi connectivity index (χ2v) is 7.44. The first-order chi connectivity index (χ1) is 11.9. The molecule has 2 heterocycles. The van der Waals surface area contributed by atoms with Gasteiger partial charge in [-0.15, -0.1) is 0 Å². The first kappa shape index (κ1) is 17.9. The van der Waals surface area contributed by atoms with Gasteiger partial charge in [0.2, 0.25) is 5.91 Å². The molecule has 2 aliphatic heterocycles. The summed E-state index contributed by atoms with van der Waals surface area (Å²) in [5.74, 6) is -1.23. The van der Waals surface area contributed by atoms with E-state index in [0.29, 0.717) is 26.1 Å². The molecule has 0 aromatic heterocycles. The van der Waals surface area contributed by atoms with E-state index < -0.39 is 11.9 Å². The van der Waals surface area contributed by atoms with E-state index in [9.17, 15) is 14.7 Å². The van der Waals surface area contributed by atoms with Crippen LogP contribution in [-0.4, -0.2) is 71.5 Å². The highest BCUT2D eigenvalue weighted by atomic mass is 16.4. The molecule has 25 heavy (non-hydrogen) atoms. The van der Waals surface area contributed by atoms with Crippen LogP contribution in [0.15, 0.2) is 24.3 Å². The summed E-state index contributed by atoms with van der Waals surface area (Å²) in [6.07, 6.45) is 1.43. The molecular weight excluding hydrogens is 318 g/mol. The van der Waals surface area contributed by atoms with Crippen LogP contribution in [0.25, 0.3) is 0 Å². The third-order valence-corrected chi connectivity index (χ3v) is 5.42. The molecule has 0 saturated carbocycles. The maximum Gasteiger partial charge on any atom is 0.308 e. The van der Waals surface area contributed by atoms with Gasteiger partial charge in [-0.3, -0.25) is 14.5 Å². The predicted octanol–water partition coefficient (Wildman–Crippen LogP) is 1.26. The Morgan fingerprint density at radius 3 is 2.32 bits per heavy atom. The van der Waals surface area contributed by atoms with Crippen molar-refractivity contribution in [2.24, 2.45) is 5.92 Å². The van der Waals surface area contributed by atoms with Crippen molar-refractivity contribution in [1.82, 2.24) is 14.7 Å². The van der Waals surface area contributed by atoms with Crippen LogP contribution in [0.3, 0.4) is 0 Å². The van der Waals surface area contributed by atoms with Gasteiger partial charge in [0.1, 0.15) is 0 Å². The van der Waals surface area contributed by atoms with E-state index in [1.54, 1.807) is 4.90 Å². The monoisotopic (exact) mass is 345 g/mol. The summed E-state index contributed by atoms with van der Waals surface area (Å²) in [5, 5.41) is 9.43. The highest BCUT2D eigenvalue weighted by Gasteiger charge is 2.32. The van der Waals surface area contributed by atoms with Gasteiger partial charge in [-0.05, 0) is 38.1 Å². The van der Waals surface area contributed by atoms with E-state index in [1.807, 2.05) is 26.2 Å². The molecule has 6 nitrogen and oxygen atoms in total. The van der Waals surface area contributed by atoms with Crippen LogP contribution in [0, 0.1) is 5.92 Å². The van der Waals surface area contributed by atoms with Crippen molar-refractivity contribution in [1.29, 1.82) is 0 Å². The number of likely N-dealkylation sites (tertiary alicyclic amines) is 1. The van der Waals surface area contributed by atoms with Crippen molar-refractivity contribution in [3.05, 3.63) is 35.4 Å². The molecule has 1 saturated heterocycles. The zero-order valence-electron chi connectivity index (χ0n) is 15.0. The van der Waals surface area contributed by atoms with Crippen LogP contribution in [-0.2, 0) is 22.7 Å². The van der Waals surface area contributed by atoms with Crippen LogP contribution in [0.1, 0.15) is 24.0 Å². The highest BCUT2D eigenvalue weighted by molar-refractivity contribution is 5.79. The summed E-state index contributed by atoms with van der Waals surface area (Å²) >= 11 is 0. The first-order valence-electron chi connectivity index (χ1n) is 8.90. The molecule has 1 aromatic rings. The molecule has 1 fully saturated rings. The first-order valence-corrected chi connectivity index (χ1v) is 8.90. The fraction of sp³-hybridized carbons (Fsp3) is 0.579. The number of carbonyl (C=O) groups excluding carboxylic acids is 1. The molecule has 2 aliphatic rings. The van der Waals surface area contributed by atoms with Gasteiger partial charge in [0.05, 0.1) is 12.5 Å². The van der Waals surface area contributed by atoms with Crippen LogP contribution in [0.4, 0.5) is 0 Å². The van der Waals surface area contributed by atoms with Gasteiger partial charge in [0.25, 0.3) is 0 Å². The summed E-state index contributed by atoms with van der Waals surface area (Å²) in [7, 11) is 3.98. The molecule has 0 unspecified atom stereocenters. The second kappa shape index (κ2) is 7.54. The molecule has 6 heteroatoms. The number of fused-ring (bicyclic) bond motifs is 1. The Labute approximate surface area is 149 Å². The largest absolute Gasteiger partial charge is 0.481 e. The lowest BCUT2D eigenvalue weighted by atomic mass is 10.0. The number of amides is 1. The van der Waals surface area contributed by atoms with Gasteiger partial charge in [0, 0.05) is 32.2 Å². The molecule has 0 spiro atoms. The third kappa shape index (κ3) is 4.19. The minimum absolute atomic E-state index is 0.0350. The molecule has 1 N–H and O–H groups in total. The standard InChI is InChI=1S/C19H27N3O3/c1-20(2)17-8-7-16(19(24)25)11-22(12-17)18(23)13-21-9-14-5-3-4-6-15(14)10-21/h3-6,16-17H,7-13H2,1-2H3,(H,24,25)/t16-,17+/m0/s1. The fourth-order valence-corrected chi connectivity index (χ4v) is 3.80. The summed E-state index contributed by atoms with van der Waals surface area (Å²) in [6.45, 7) is 2.85. The number of hydrogen-bond acceptors (Lipinski definition) is 4. The van der Waals surface area contributed by atoms with Gasteiger partial charge >= 0.3 is 5.97 Å². The average molecular weight is 345 g/mol. The minimum Gasteiger partial charge on any atom is -0.481 e. The molecule has 3 rings (SSSR count).